The monoisotopic (exact) mass is 300 g/mol. The van der Waals surface area contributed by atoms with Crippen LogP contribution in [-0.2, 0) is 23.1 Å². The highest BCUT2D eigenvalue weighted by atomic mass is 31.2. The minimum atomic E-state index is -3.26. The normalized spacial score (nSPS) is 12.9. The molecule has 1 atom stereocenters. The number of ether oxygens (including phenoxy) is 1. The second-order valence-corrected chi connectivity index (χ2v) is 6.62. The van der Waals surface area contributed by atoms with E-state index in [-0.39, 0.29) is 12.1 Å². The molecule has 0 fully saturated rings. The minimum Gasteiger partial charge on any atom is -0.457 e. The fraction of sp³-hybridized carbons (Fsp3) is 0.500. The van der Waals surface area contributed by atoms with Gasteiger partial charge in [-0.05, 0) is 12.0 Å². The van der Waals surface area contributed by atoms with Crippen LogP contribution < -0.4 is 0 Å². The van der Waals surface area contributed by atoms with Gasteiger partial charge in [-0.15, -0.1) is 0 Å². The third kappa shape index (κ3) is 5.08. The molecule has 1 unspecified atom stereocenters. The molecular formula is C14H21O5P. The van der Waals surface area contributed by atoms with Gasteiger partial charge in [0.2, 0.25) is 0 Å². The Morgan fingerprint density at radius 1 is 1.20 bits per heavy atom. The van der Waals surface area contributed by atoms with Gasteiger partial charge < -0.3 is 13.8 Å². The first-order valence-electron chi connectivity index (χ1n) is 6.49. The highest BCUT2D eigenvalue weighted by Crippen LogP contribution is 2.50. The summed E-state index contributed by atoms with van der Waals surface area (Å²) in [4.78, 5) is 11.7. The van der Waals surface area contributed by atoms with E-state index in [2.05, 4.69) is 0 Å². The standard InChI is InChI=1S/C14H21O5P/c1-4-8-14(15)19-13(11-20(16,17-2)18-3)12-9-6-5-7-10-12/h5-7,9-10,13H,4,8,11H2,1-3H3. The third-order valence-corrected chi connectivity index (χ3v) is 4.74. The third-order valence-electron chi connectivity index (χ3n) is 2.84. The number of carbonyl (C=O) groups is 1. The van der Waals surface area contributed by atoms with Crippen molar-refractivity contribution in [1.82, 2.24) is 0 Å². The van der Waals surface area contributed by atoms with Gasteiger partial charge in [0.1, 0.15) is 6.10 Å². The average molecular weight is 300 g/mol. The fourth-order valence-corrected chi connectivity index (χ4v) is 2.87. The van der Waals surface area contributed by atoms with Crippen LogP contribution in [0.2, 0.25) is 0 Å². The second-order valence-electron chi connectivity index (χ2n) is 4.30. The smallest absolute Gasteiger partial charge is 0.334 e. The number of rotatable bonds is 8. The van der Waals surface area contributed by atoms with E-state index < -0.39 is 13.7 Å². The molecule has 1 rings (SSSR count). The molecule has 20 heavy (non-hydrogen) atoms. The first kappa shape index (κ1) is 16.9. The summed E-state index contributed by atoms with van der Waals surface area (Å²) in [6, 6.07) is 9.17. The quantitative estimate of drug-likeness (QED) is 0.542. The van der Waals surface area contributed by atoms with Crippen molar-refractivity contribution >= 4 is 13.6 Å². The van der Waals surface area contributed by atoms with Crippen molar-refractivity contribution in [2.24, 2.45) is 0 Å². The summed E-state index contributed by atoms with van der Waals surface area (Å²) in [5, 5.41) is 0. The molecule has 1 aromatic carbocycles. The van der Waals surface area contributed by atoms with Gasteiger partial charge in [-0.3, -0.25) is 9.36 Å². The second kappa shape index (κ2) is 8.20. The van der Waals surface area contributed by atoms with Crippen molar-refractivity contribution < 1.29 is 23.1 Å². The van der Waals surface area contributed by atoms with Gasteiger partial charge >= 0.3 is 13.6 Å². The zero-order valence-electron chi connectivity index (χ0n) is 12.1. The summed E-state index contributed by atoms with van der Waals surface area (Å²) < 4.78 is 27.5. The minimum absolute atomic E-state index is 0.000528. The van der Waals surface area contributed by atoms with Gasteiger partial charge in [-0.25, -0.2) is 0 Å². The number of carbonyl (C=O) groups excluding carboxylic acids is 1. The van der Waals surface area contributed by atoms with Crippen LogP contribution in [0.5, 0.6) is 0 Å². The molecule has 0 aliphatic heterocycles. The molecule has 0 aliphatic rings. The number of esters is 1. The van der Waals surface area contributed by atoms with Crippen molar-refractivity contribution in [2.75, 3.05) is 20.4 Å². The highest BCUT2D eigenvalue weighted by Gasteiger charge is 2.30. The van der Waals surface area contributed by atoms with E-state index in [0.29, 0.717) is 12.8 Å². The largest absolute Gasteiger partial charge is 0.457 e. The van der Waals surface area contributed by atoms with Crippen LogP contribution in [0, 0.1) is 0 Å². The maximum Gasteiger partial charge on any atom is 0.334 e. The SMILES string of the molecule is CCCC(=O)OC(CP(=O)(OC)OC)c1ccccc1. The van der Waals surface area contributed by atoms with Gasteiger partial charge in [0.15, 0.2) is 0 Å². The Balaban J connectivity index is 2.90. The van der Waals surface area contributed by atoms with Crippen molar-refractivity contribution in [3.05, 3.63) is 35.9 Å². The van der Waals surface area contributed by atoms with Crippen LogP contribution in [0.4, 0.5) is 0 Å². The molecule has 0 aliphatic carbocycles. The topological polar surface area (TPSA) is 61.8 Å². The van der Waals surface area contributed by atoms with Crippen molar-refractivity contribution in [1.29, 1.82) is 0 Å². The Bertz CT molecular complexity index is 452. The van der Waals surface area contributed by atoms with E-state index in [4.69, 9.17) is 13.8 Å². The van der Waals surface area contributed by atoms with Gasteiger partial charge in [0.05, 0.1) is 6.16 Å². The Kier molecular flexibility index (Phi) is 6.93. The Morgan fingerprint density at radius 3 is 2.30 bits per heavy atom. The van der Waals surface area contributed by atoms with E-state index >= 15 is 0 Å². The van der Waals surface area contributed by atoms with Gasteiger partial charge in [0, 0.05) is 20.6 Å². The predicted octanol–water partition coefficient (Wildman–Crippen LogP) is 3.56. The lowest BCUT2D eigenvalue weighted by Crippen LogP contribution is -2.15. The molecule has 0 amide bonds. The zero-order chi connectivity index (χ0) is 15.0. The van der Waals surface area contributed by atoms with E-state index in [1.54, 1.807) is 0 Å². The maximum absolute atomic E-state index is 12.2. The molecule has 0 aromatic heterocycles. The summed E-state index contributed by atoms with van der Waals surface area (Å²) in [6.45, 7) is 1.90. The summed E-state index contributed by atoms with van der Waals surface area (Å²) in [7, 11) is -0.616. The van der Waals surface area contributed by atoms with Crippen LogP contribution in [0.1, 0.15) is 31.4 Å². The first-order chi connectivity index (χ1) is 9.54. The number of hydrogen-bond acceptors (Lipinski definition) is 5. The van der Waals surface area contributed by atoms with Crippen molar-refractivity contribution in [3.8, 4) is 0 Å². The summed E-state index contributed by atoms with van der Waals surface area (Å²) in [5.74, 6) is -0.319. The molecule has 0 spiro atoms. The van der Waals surface area contributed by atoms with Crippen LogP contribution in [0.3, 0.4) is 0 Å². The summed E-state index contributed by atoms with van der Waals surface area (Å²) >= 11 is 0. The molecule has 6 heteroatoms. The van der Waals surface area contributed by atoms with Gasteiger partial charge in [-0.2, -0.15) is 0 Å². The first-order valence-corrected chi connectivity index (χ1v) is 8.22. The van der Waals surface area contributed by atoms with Crippen molar-refractivity contribution in [3.63, 3.8) is 0 Å². The van der Waals surface area contributed by atoms with Crippen LogP contribution in [0.15, 0.2) is 30.3 Å². The summed E-state index contributed by atoms with van der Waals surface area (Å²) in [6.07, 6.45) is 0.389. The molecule has 0 radical (unpaired) electrons. The molecular weight excluding hydrogens is 279 g/mol. The fourth-order valence-electron chi connectivity index (χ4n) is 1.73. The highest BCUT2D eigenvalue weighted by molar-refractivity contribution is 7.53. The lowest BCUT2D eigenvalue weighted by molar-refractivity contribution is -0.148. The maximum atomic E-state index is 12.2. The molecule has 0 heterocycles. The van der Waals surface area contributed by atoms with Crippen LogP contribution in [-0.4, -0.2) is 26.4 Å². The van der Waals surface area contributed by atoms with E-state index in [9.17, 15) is 9.36 Å². The van der Waals surface area contributed by atoms with E-state index in [0.717, 1.165) is 5.56 Å². The molecule has 0 saturated carbocycles. The van der Waals surface area contributed by atoms with E-state index in [1.807, 2.05) is 37.3 Å². The van der Waals surface area contributed by atoms with Crippen LogP contribution >= 0.6 is 7.60 Å². The number of hydrogen-bond donors (Lipinski definition) is 0. The van der Waals surface area contributed by atoms with E-state index in [1.165, 1.54) is 14.2 Å². The molecule has 112 valence electrons. The molecule has 0 N–H and O–H groups in total. The Morgan fingerprint density at radius 2 is 1.80 bits per heavy atom. The number of benzene rings is 1. The Hall–Kier alpha value is -1.16. The van der Waals surface area contributed by atoms with Gasteiger partial charge in [-0.1, -0.05) is 37.3 Å². The average Bonchev–Trinajstić information content (AvgIpc) is 2.47. The molecule has 5 nitrogen and oxygen atoms in total. The molecule has 0 saturated heterocycles. The predicted molar refractivity (Wildman–Crippen MR) is 76.7 cm³/mol. The zero-order valence-corrected chi connectivity index (χ0v) is 13.0. The summed E-state index contributed by atoms with van der Waals surface area (Å²) in [5.41, 5.74) is 0.770. The molecule has 0 bridgehead atoms. The lowest BCUT2D eigenvalue weighted by atomic mass is 10.1. The molecule has 1 aromatic rings. The van der Waals surface area contributed by atoms with Gasteiger partial charge in [0.25, 0.3) is 0 Å². The lowest BCUT2D eigenvalue weighted by Gasteiger charge is -2.22. The Labute approximate surface area is 119 Å². The van der Waals surface area contributed by atoms with Crippen molar-refractivity contribution in [2.45, 2.75) is 25.9 Å². The van der Waals surface area contributed by atoms with Crippen LogP contribution in [0.25, 0.3) is 0 Å².